The SMILES string of the molecule is O=S(=O)(Nc1ccc2c(c1)CCCN2S(=O)(=O)c1cccs1)c1cc(Cl)ccc1Cl. The number of sulfonamides is 2. The Labute approximate surface area is 189 Å². The summed E-state index contributed by atoms with van der Waals surface area (Å²) in [5, 5.41) is 2.02. The first-order chi connectivity index (χ1) is 14.2. The van der Waals surface area contributed by atoms with Gasteiger partial charge in [-0.2, -0.15) is 0 Å². The largest absolute Gasteiger partial charge is 0.280 e. The molecule has 0 aliphatic carbocycles. The van der Waals surface area contributed by atoms with Gasteiger partial charge in [-0.1, -0.05) is 29.3 Å². The summed E-state index contributed by atoms with van der Waals surface area (Å²) < 4.78 is 55.6. The maximum absolute atomic E-state index is 13.0. The van der Waals surface area contributed by atoms with Gasteiger partial charge < -0.3 is 0 Å². The fourth-order valence-electron chi connectivity index (χ4n) is 3.29. The van der Waals surface area contributed by atoms with Gasteiger partial charge in [0.05, 0.1) is 10.7 Å². The zero-order valence-electron chi connectivity index (χ0n) is 15.4. The van der Waals surface area contributed by atoms with Crippen molar-refractivity contribution in [3.05, 3.63) is 69.5 Å². The zero-order chi connectivity index (χ0) is 21.5. The molecule has 4 rings (SSSR count). The number of benzene rings is 2. The number of halogens is 2. The molecule has 0 unspecified atom stereocenters. The predicted octanol–water partition coefficient (Wildman–Crippen LogP) is 5.00. The molecule has 1 aromatic heterocycles. The Balaban J connectivity index is 1.67. The van der Waals surface area contributed by atoms with Crippen LogP contribution in [-0.2, 0) is 26.5 Å². The van der Waals surface area contributed by atoms with Gasteiger partial charge in [-0.15, -0.1) is 11.3 Å². The number of aryl methyl sites for hydroxylation is 1. The van der Waals surface area contributed by atoms with Crippen molar-refractivity contribution in [1.29, 1.82) is 0 Å². The number of fused-ring (bicyclic) bond motifs is 1. The standard InChI is InChI=1S/C19H16Cl2N2O4S3/c20-14-5-7-16(21)18(12-14)29(24,25)22-15-6-8-17-13(11-15)3-1-9-23(17)30(26,27)19-4-2-10-28-19/h2,4-8,10-12,22H,1,3,9H2. The van der Waals surface area contributed by atoms with Crippen molar-refractivity contribution in [3.8, 4) is 0 Å². The van der Waals surface area contributed by atoms with E-state index in [2.05, 4.69) is 4.72 Å². The molecule has 0 amide bonds. The van der Waals surface area contributed by atoms with Crippen LogP contribution in [0.25, 0.3) is 0 Å². The third-order valence-corrected chi connectivity index (χ3v) is 9.91. The van der Waals surface area contributed by atoms with E-state index in [1.807, 2.05) is 0 Å². The highest BCUT2D eigenvalue weighted by Gasteiger charge is 2.30. The van der Waals surface area contributed by atoms with E-state index in [0.29, 0.717) is 30.8 Å². The average Bonchev–Trinajstić information content (AvgIpc) is 3.24. The fraction of sp³-hybridized carbons (Fsp3) is 0.158. The third-order valence-electron chi connectivity index (χ3n) is 4.63. The first-order valence-corrected chi connectivity index (χ1v) is 13.4. The van der Waals surface area contributed by atoms with E-state index in [1.54, 1.807) is 29.6 Å². The van der Waals surface area contributed by atoms with Gasteiger partial charge in [0, 0.05) is 17.3 Å². The molecule has 158 valence electrons. The number of nitrogens with one attached hydrogen (secondary N) is 1. The van der Waals surface area contributed by atoms with Crippen molar-refractivity contribution >= 4 is 66.0 Å². The summed E-state index contributed by atoms with van der Waals surface area (Å²) >= 11 is 13.1. The number of hydrogen-bond acceptors (Lipinski definition) is 5. The molecule has 0 saturated heterocycles. The summed E-state index contributed by atoms with van der Waals surface area (Å²) in [5.74, 6) is 0. The lowest BCUT2D eigenvalue weighted by Gasteiger charge is -2.30. The normalized spacial score (nSPS) is 14.4. The molecule has 0 fully saturated rings. The molecule has 0 bridgehead atoms. The summed E-state index contributed by atoms with van der Waals surface area (Å²) in [4.78, 5) is -0.128. The van der Waals surface area contributed by atoms with Crippen molar-refractivity contribution in [1.82, 2.24) is 0 Å². The minimum Gasteiger partial charge on any atom is -0.280 e. The Morgan fingerprint density at radius 2 is 1.80 bits per heavy atom. The Bertz CT molecular complexity index is 1310. The van der Waals surface area contributed by atoms with Crippen LogP contribution in [0.1, 0.15) is 12.0 Å². The van der Waals surface area contributed by atoms with Crippen molar-refractivity contribution in [2.45, 2.75) is 21.9 Å². The molecule has 30 heavy (non-hydrogen) atoms. The van der Waals surface area contributed by atoms with E-state index >= 15 is 0 Å². The summed E-state index contributed by atoms with van der Waals surface area (Å²) in [6.45, 7) is 0.371. The quantitative estimate of drug-likeness (QED) is 0.532. The fourth-order valence-corrected chi connectivity index (χ4v) is 7.75. The minimum atomic E-state index is -3.97. The van der Waals surface area contributed by atoms with E-state index in [9.17, 15) is 16.8 Å². The molecule has 0 atom stereocenters. The molecule has 6 nitrogen and oxygen atoms in total. The average molecular weight is 503 g/mol. The van der Waals surface area contributed by atoms with Crippen LogP contribution in [0.4, 0.5) is 11.4 Å². The summed E-state index contributed by atoms with van der Waals surface area (Å²) in [6, 6.07) is 12.3. The lowest BCUT2D eigenvalue weighted by atomic mass is 10.0. The molecular formula is C19H16Cl2N2O4S3. The van der Waals surface area contributed by atoms with Crippen LogP contribution < -0.4 is 9.03 Å². The number of thiophene rings is 1. The van der Waals surface area contributed by atoms with Crippen molar-refractivity contribution in [2.75, 3.05) is 15.6 Å². The van der Waals surface area contributed by atoms with E-state index in [0.717, 1.165) is 16.9 Å². The maximum atomic E-state index is 13.0. The molecule has 1 aliphatic heterocycles. The minimum absolute atomic E-state index is 0.0538. The third kappa shape index (κ3) is 4.04. The number of nitrogens with zero attached hydrogens (tertiary/aromatic N) is 1. The number of anilines is 2. The molecule has 2 aromatic carbocycles. The van der Waals surface area contributed by atoms with E-state index in [4.69, 9.17) is 23.2 Å². The molecule has 2 heterocycles. The first-order valence-electron chi connectivity index (χ1n) is 8.85. The topological polar surface area (TPSA) is 83.6 Å². The molecule has 1 N–H and O–H groups in total. The Morgan fingerprint density at radius 1 is 1.00 bits per heavy atom. The number of rotatable bonds is 5. The smallest absolute Gasteiger partial charge is 0.273 e. The van der Waals surface area contributed by atoms with Gasteiger partial charge in [0.2, 0.25) is 0 Å². The second-order valence-corrected chi connectivity index (χ2v) is 12.2. The van der Waals surface area contributed by atoms with Crippen molar-refractivity contribution in [3.63, 3.8) is 0 Å². The van der Waals surface area contributed by atoms with Crippen LogP contribution in [0.2, 0.25) is 10.0 Å². The van der Waals surface area contributed by atoms with Crippen molar-refractivity contribution in [2.24, 2.45) is 0 Å². The van der Waals surface area contributed by atoms with Crippen LogP contribution in [0.3, 0.4) is 0 Å². The molecule has 0 radical (unpaired) electrons. The zero-order valence-corrected chi connectivity index (χ0v) is 19.3. The Kier molecular flexibility index (Phi) is 5.75. The summed E-state index contributed by atoms with van der Waals surface area (Å²) in [7, 11) is -7.62. The van der Waals surface area contributed by atoms with E-state index in [1.165, 1.54) is 28.6 Å². The van der Waals surface area contributed by atoms with Gasteiger partial charge >= 0.3 is 0 Å². The summed E-state index contributed by atoms with van der Waals surface area (Å²) in [5.41, 5.74) is 1.62. The van der Waals surface area contributed by atoms with E-state index < -0.39 is 20.0 Å². The van der Waals surface area contributed by atoms with Gasteiger partial charge in [0.25, 0.3) is 20.0 Å². The molecule has 0 spiro atoms. The van der Waals surface area contributed by atoms with Gasteiger partial charge in [-0.05, 0) is 66.2 Å². The molecular weight excluding hydrogens is 487 g/mol. The van der Waals surface area contributed by atoms with Crippen LogP contribution >= 0.6 is 34.5 Å². The molecule has 0 saturated carbocycles. The monoisotopic (exact) mass is 502 g/mol. The van der Waals surface area contributed by atoms with E-state index in [-0.39, 0.29) is 19.1 Å². The second-order valence-electron chi connectivity index (χ2n) is 6.64. The Hall–Kier alpha value is -1.78. The van der Waals surface area contributed by atoms with Gasteiger partial charge in [-0.25, -0.2) is 16.8 Å². The first kappa shape index (κ1) is 21.5. The van der Waals surface area contributed by atoms with Gasteiger partial charge in [0.1, 0.15) is 9.10 Å². The molecule has 1 aliphatic rings. The van der Waals surface area contributed by atoms with Crippen LogP contribution in [-0.4, -0.2) is 23.4 Å². The highest BCUT2D eigenvalue weighted by Crippen LogP contribution is 2.35. The molecule has 11 heteroatoms. The lowest BCUT2D eigenvalue weighted by molar-refractivity contribution is 0.588. The number of hydrogen-bond donors (Lipinski definition) is 1. The highest BCUT2D eigenvalue weighted by molar-refractivity contribution is 7.94. The summed E-state index contributed by atoms with van der Waals surface area (Å²) in [6.07, 6.45) is 1.27. The highest BCUT2D eigenvalue weighted by atomic mass is 35.5. The second kappa shape index (κ2) is 8.05. The Morgan fingerprint density at radius 3 is 2.53 bits per heavy atom. The maximum Gasteiger partial charge on any atom is 0.273 e. The van der Waals surface area contributed by atoms with Crippen LogP contribution in [0.5, 0.6) is 0 Å². The predicted molar refractivity (Wildman–Crippen MR) is 121 cm³/mol. The molecule has 3 aromatic rings. The van der Waals surface area contributed by atoms with Crippen LogP contribution in [0, 0.1) is 0 Å². The van der Waals surface area contributed by atoms with Gasteiger partial charge in [0.15, 0.2) is 0 Å². The van der Waals surface area contributed by atoms with Crippen LogP contribution in [0.15, 0.2) is 63.0 Å². The van der Waals surface area contributed by atoms with Gasteiger partial charge in [-0.3, -0.25) is 9.03 Å². The van der Waals surface area contributed by atoms with Crippen molar-refractivity contribution < 1.29 is 16.8 Å². The lowest BCUT2D eigenvalue weighted by Crippen LogP contribution is -2.35.